The Kier molecular flexibility index (Phi) is 6.24. The molecule has 19 heavy (non-hydrogen) atoms. The van der Waals surface area contributed by atoms with Gasteiger partial charge in [0.05, 0.1) is 10.6 Å². The van der Waals surface area contributed by atoms with Crippen LogP contribution in [-0.4, -0.2) is 16.9 Å². The molecule has 1 aromatic carbocycles. The van der Waals surface area contributed by atoms with Crippen LogP contribution in [0.1, 0.15) is 30.1 Å². The Balaban J connectivity index is 2.45. The normalized spacial score (nSPS) is 9.58. The number of benzene rings is 1. The van der Waals surface area contributed by atoms with Gasteiger partial charge in [0, 0.05) is 6.42 Å². The van der Waals surface area contributed by atoms with Gasteiger partial charge in [-0.05, 0) is 30.8 Å². The van der Waals surface area contributed by atoms with Crippen molar-refractivity contribution in [2.24, 2.45) is 0 Å². The molecule has 0 saturated heterocycles. The summed E-state index contributed by atoms with van der Waals surface area (Å²) in [6.07, 6.45) is 1.10. The molecule has 0 aliphatic carbocycles. The quantitative estimate of drug-likeness (QED) is 0.588. The molecule has 102 valence electrons. The zero-order valence-corrected chi connectivity index (χ0v) is 11.9. The van der Waals surface area contributed by atoms with Crippen molar-refractivity contribution in [3.05, 3.63) is 34.9 Å². The van der Waals surface area contributed by atoms with Gasteiger partial charge in [-0.3, -0.25) is 20.4 Å². The third-order valence-electron chi connectivity index (χ3n) is 2.14. The fraction of sp³-hybridized carbons (Fsp3) is 0.250. The summed E-state index contributed by atoms with van der Waals surface area (Å²) in [4.78, 5) is 23.0. The summed E-state index contributed by atoms with van der Waals surface area (Å²) in [5, 5.41) is 2.81. The first-order valence-electron chi connectivity index (χ1n) is 5.69. The Labute approximate surface area is 121 Å². The van der Waals surface area contributed by atoms with E-state index < -0.39 is 5.91 Å². The van der Waals surface area contributed by atoms with E-state index in [9.17, 15) is 9.59 Å². The van der Waals surface area contributed by atoms with Crippen LogP contribution in [0.3, 0.4) is 0 Å². The minimum Gasteiger partial charge on any atom is -0.302 e. The standard InChI is InChI=1S/C12H14ClN3O2S/c1-2-5-10(17)14-12(19)16-15-11(18)8-6-3-4-7-9(8)13/h3-4,6-7H,2,5H2,1H3,(H,15,18)(H2,14,16,17,19). The van der Waals surface area contributed by atoms with Gasteiger partial charge in [-0.2, -0.15) is 0 Å². The van der Waals surface area contributed by atoms with Gasteiger partial charge in [-0.1, -0.05) is 30.7 Å². The maximum atomic E-state index is 11.8. The summed E-state index contributed by atoms with van der Waals surface area (Å²) in [6, 6.07) is 6.61. The summed E-state index contributed by atoms with van der Waals surface area (Å²) in [5.74, 6) is -0.635. The number of nitrogens with one attached hydrogen (secondary N) is 3. The number of hydrogen-bond donors (Lipinski definition) is 3. The molecule has 0 bridgehead atoms. The first-order chi connectivity index (χ1) is 9.04. The second kappa shape index (κ2) is 7.70. The highest BCUT2D eigenvalue weighted by Crippen LogP contribution is 2.13. The van der Waals surface area contributed by atoms with E-state index in [0.29, 0.717) is 17.0 Å². The molecule has 0 spiro atoms. The molecule has 0 aliphatic heterocycles. The summed E-state index contributed by atoms with van der Waals surface area (Å²) in [5.41, 5.74) is 5.12. The maximum absolute atomic E-state index is 11.8. The number of hydrogen-bond acceptors (Lipinski definition) is 3. The highest BCUT2D eigenvalue weighted by atomic mass is 35.5. The van der Waals surface area contributed by atoms with Crippen molar-refractivity contribution in [2.45, 2.75) is 19.8 Å². The SMILES string of the molecule is CCCC(=O)NC(=S)NNC(=O)c1ccccc1Cl. The second-order valence-corrected chi connectivity index (χ2v) is 4.50. The van der Waals surface area contributed by atoms with Crippen LogP contribution in [0.2, 0.25) is 5.02 Å². The number of halogens is 1. The van der Waals surface area contributed by atoms with Crippen molar-refractivity contribution >= 4 is 40.7 Å². The van der Waals surface area contributed by atoms with Gasteiger partial charge in [-0.25, -0.2) is 0 Å². The summed E-state index contributed by atoms with van der Waals surface area (Å²) < 4.78 is 0. The van der Waals surface area contributed by atoms with Crippen LogP contribution in [0.4, 0.5) is 0 Å². The van der Waals surface area contributed by atoms with E-state index in [1.54, 1.807) is 24.3 Å². The largest absolute Gasteiger partial charge is 0.302 e. The molecular formula is C12H14ClN3O2S. The number of rotatable bonds is 3. The highest BCUT2D eigenvalue weighted by molar-refractivity contribution is 7.80. The minimum absolute atomic E-state index is 0.0406. The molecule has 0 saturated carbocycles. The molecule has 0 aliphatic rings. The average Bonchev–Trinajstić information content (AvgIpc) is 2.36. The third kappa shape index (κ3) is 5.23. The van der Waals surface area contributed by atoms with Crippen molar-refractivity contribution in [3.63, 3.8) is 0 Å². The first-order valence-corrected chi connectivity index (χ1v) is 6.48. The fourth-order valence-corrected chi connectivity index (χ4v) is 1.66. The van der Waals surface area contributed by atoms with Gasteiger partial charge >= 0.3 is 0 Å². The van der Waals surface area contributed by atoms with E-state index in [1.165, 1.54) is 0 Å². The molecule has 1 rings (SSSR count). The Bertz CT molecular complexity index is 494. The molecule has 0 fully saturated rings. The second-order valence-electron chi connectivity index (χ2n) is 3.69. The Hall–Kier alpha value is -1.66. The van der Waals surface area contributed by atoms with E-state index in [2.05, 4.69) is 16.2 Å². The van der Waals surface area contributed by atoms with Crippen molar-refractivity contribution in [3.8, 4) is 0 Å². The number of amides is 2. The molecule has 0 heterocycles. The first kappa shape index (κ1) is 15.4. The van der Waals surface area contributed by atoms with Crippen molar-refractivity contribution in [1.82, 2.24) is 16.2 Å². The molecule has 3 N–H and O–H groups in total. The molecule has 0 atom stereocenters. The van der Waals surface area contributed by atoms with Crippen LogP contribution in [0.15, 0.2) is 24.3 Å². The molecule has 1 aromatic rings. The van der Waals surface area contributed by atoms with Gasteiger partial charge in [0.25, 0.3) is 5.91 Å². The fourth-order valence-electron chi connectivity index (χ4n) is 1.27. The van der Waals surface area contributed by atoms with Crippen molar-refractivity contribution in [1.29, 1.82) is 0 Å². The topological polar surface area (TPSA) is 70.2 Å². The lowest BCUT2D eigenvalue weighted by Crippen LogP contribution is -2.48. The van der Waals surface area contributed by atoms with E-state index in [0.717, 1.165) is 6.42 Å². The van der Waals surface area contributed by atoms with Crippen LogP contribution in [0, 0.1) is 0 Å². The predicted molar refractivity (Wildman–Crippen MR) is 77.7 cm³/mol. The highest BCUT2D eigenvalue weighted by Gasteiger charge is 2.10. The summed E-state index contributed by atoms with van der Waals surface area (Å²) >= 11 is 10.7. The Morgan fingerprint density at radius 3 is 2.58 bits per heavy atom. The number of hydrazine groups is 1. The van der Waals surface area contributed by atoms with E-state index in [1.807, 2.05) is 6.92 Å². The van der Waals surface area contributed by atoms with Crippen molar-refractivity contribution < 1.29 is 9.59 Å². The van der Waals surface area contributed by atoms with E-state index >= 15 is 0 Å². The zero-order valence-electron chi connectivity index (χ0n) is 10.3. The summed E-state index contributed by atoms with van der Waals surface area (Å²) in [6.45, 7) is 1.88. The molecule has 5 nitrogen and oxygen atoms in total. The van der Waals surface area contributed by atoms with Gasteiger partial charge in [0.15, 0.2) is 5.11 Å². The van der Waals surface area contributed by atoms with Crippen LogP contribution in [-0.2, 0) is 4.79 Å². The van der Waals surface area contributed by atoms with Gasteiger partial charge in [0.2, 0.25) is 5.91 Å². The Morgan fingerprint density at radius 1 is 1.26 bits per heavy atom. The Morgan fingerprint density at radius 2 is 1.95 bits per heavy atom. The smallest absolute Gasteiger partial charge is 0.271 e. The molecule has 0 aromatic heterocycles. The number of thiocarbonyl (C=S) groups is 1. The van der Waals surface area contributed by atoms with Crippen LogP contribution < -0.4 is 16.2 Å². The predicted octanol–water partition coefficient (Wildman–Crippen LogP) is 1.78. The van der Waals surface area contributed by atoms with Crippen LogP contribution >= 0.6 is 23.8 Å². The molecule has 0 unspecified atom stereocenters. The van der Waals surface area contributed by atoms with E-state index in [4.69, 9.17) is 23.8 Å². The lowest BCUT2D eigenvalue weighted by molar-refractivity contribution is -0.119. The molecule has 7 heteroatoms. The van der Waals surface area contributed by atoms with Crippen LogP contribution in [0.5, 0.6) is 0 Å². The minimum atomic E-state index is -0.433. The van der Waals surface area contributed by atoms with Gasteiger partial charge in [0.1, 0.15) is 0 Å². The molecule has 0 radical (unpaired) electrons. The molecular weight excluding hydrogens is 286 g/mol. The monoisotopic (exact) mass is 299 g/mol. The van der Waals surface area contributed by atoms with Crippen molar-refractivity contribution in [2.75, 3.05) is 0 Å². The number of carbonyl (C=O) groups is 2. The van der Waals surface area contributed by atoms with Crippen LogP contribution in [0.25, 0.3) is 0 Å². The molecule has 2 amide bonds. The van der Waals surface area contributed by atoms with Gasteiger partial charge in [-0.15, -0.1) is 0 Å². The van der Waals surface area contributed by atoms with Gasteiger partial charge < -0.3 is 5.32 Å². The lowest BCUT2D eigenvalue weighted by Gasteiger charge is -2.11. The van der Waals surface area contributed by atoms with E-state index in [-0.39, 0.29) is 11.0 Å². The summed E-state index contributed by atoms with van der Waals surface area (Å²) in [7, 11) is 0. The average molecular weight is 300 g/mol. The zero-order chi connectivity index (χ0) is 14.3. The third-order valence-corrected chi connectivity index (χ3v) is 2.67. The lowest BCUT2D eigenvalue weighted by atomic mass is 10.2. The maximum Gasteiger partial charge on any atom is 0.271 e. The number of carbonyl (C=O) groups excluding carboxylic acids is 2.